The molecule has 20 heavy (non-hydrogen) atoms. The van der Waals surface area contributed by atoms with E-state index in [1.165, 1.54) is 6.07 Å². The van der Waals surface area contributed by atoms with E-state index in [0.717, 1.165) is 18.2 Å². The van der Waals surface area contributed by atoms with Crippen molar-refractivity contribution >= 4 is 17.5 Å². The van der Waals surface area contributed by atoms with E-state index < -0.39 is 23.6 Å². The summed E-state index contributed by atoms with van der Waals surface area (Å²) in [6.07, 6.45) is -3.69. The molecule has 7 heteroatoms. The smallest absolute Gasteiger partial charge is 0.352 e. The summed E-state index contributed by atoms with van der Waals surface area (Å²) in [5.41, 5.74) is -1.31. The summed E-state index contributed by atoms with van der Waals surface area (Å²) < 4.78 is 38.3. The number of anilines is 1. The molecule has 0 aliphatic carbocycles. The molecule has 1 rings (SSSR count). The number of carbonyl (C=O) groups excluding carboxylic acids is 2. The van der Waals surface area contributed by atoms with Crippen LogP contribution in [-0.4, -0.2) is 18.4 Å². The van der Waals surface area contributed by atoms with Crippen molar-refractivity contribution < 1.29 is 22.8 Å². The van der Waals surface area contributed by atoms with Gasteiger partial charge in [0.25, 0.3) is 5.91 Å². The zero-order valence-electron chi connectivity index (χ0n) is 10.7. The van der Waals surface area contributed by atoms with Crippen molar-refractivity contribution in [1.29, 1.82) is 0 Å². The highest BCUT2D eigenvalue weighted by Gasteiger charge is 2.31. The summed E-state index contributed by atoms with van der Waals surface area (Å²) >= 11 is 0. The highest BCUT2D eigenvalue weighted by molar-refractivity contribution is 6.01. The van der Waals surface area contributed by atoms with Crippen LogP contribution in [0.1, 0.15) is 22.8 Å². The van der Waals surface area contributed by atoms with Crippen molar-refractivity contribution in [2.75, 3.05) is 11.9 Å². The largest absolute Gasteiger partial charge is 0.416 e. The molecule has 0 spiro atoms. The number of halogens is 3. The first kappa shape index (κ1) is 15.7. The minimum absolute atomic E-state index is 0.119. The average Bonchev–Trinajstić information content (AvgIpc) is 2.37. The second kappa shape index (κ2) is 6.23. The van der Waals surface area contributed by atoms with Gasteiger partial charge < -0.3 is 10.6 Å². The molecule has 0 heterocycles. The number of hydrogen-bond donors (Lipinski definition) is 2. The predicted octanol–water partition coefficient (Wildman–Crippen LogP) is 2.58. The standard InChI is InChI=1S/C13H13F3N2O2/c1-3-11(19)18-10-6-8(12(20)17-4-2)5-9(7-10)13(14,15)16/h3,5-7H,1,4H2,2H3,(H,17,20)(H,18,19). The third-order valence-corrected chi connectivity index (χ3v) is 2.31. The predicted molar refractivity (Wildman–Crippen MR) is 68.3 cm³/mol. The van der Waals surface area contributed by atoms with E-state index in [1.807, 2.05) is 0 Å². The van der Waals surface area contributed by atoms with Gasteiger partial charge in [-0.05, 0) is 31.2 Å². The van der Waals surface area contributed by atoms with E-state index in [4.69, 9.17) is 0 Å². The number of amides is 2. The minimum atomic E-state index is -4.61. The lowest BCUT2D eigenvalue weighted by atomic mass is 10.1. The van der Waals surface area contributed by atoms with Gasteiger partial charge in [-0.2, -0.15) is 13.2 Å². The van der Waals surface area contributed by atoms with Gasteiger partial charge in [0.2, 0.25) is 5.91 Å². The third kappa shape index (κ3) is 4.11. The first-order valence-electron chi connectivity index (χ1n) is 5.71. The number of hydrogen-bond acceptors (Lipinski definition) is 2. The van der Waals surface area contributed by atoms with Crippen LogP contribution >= 0.6 is 0 Å². The van der Waals surface area contributed by atoms with E-state index in [2.05, 4.69) is 17.2 Å². The van der Waals surface area contributed by atoms with E-state index in [9.17, 15) is 22.8 Å². The summed E-state index contributed by atoms with van der Waals surface area (Å²) in [6.45, 7) is 5.13. The number of benzene rings is 1. The summed E-state index contributed by atoms with van der Waals surface area (Å²) in [4.78, 5) is 22.8. The molecule has 0 aliphatic rings. The van der Waals surface area contributed by atoms with Gasteiger partial charge in [-0.1, -0.05) is 6.58 Å². The fourth-order valence-electron chi connectivity index (χ4n) is 1.45. The molecule has 0 fully saturated rings. The van der Waals surface area contributed by atoms with Crippen molar-refractivity contribution in [3.8, 4) is 0 Å². The van der Waals surface area contributed by atoms with Crippen molar-refractivity contribution in [3.63, 3.8) is 0 Å². The number of rotatable bonds is 4. The Morgan fingerprint density at radius 3 is 2.45 bits per heavy atom. The van der Waals surface area contributed by atoms with E-state index >= 15 is 0 Å². The highest BCUT2D eigenvalue weighted by atomic mass is 19.4. The van der Waals surface area contributed by atoms with Crippen LogP contribution in [0, 0.1) is 0 Å². The molecule has 0 saturated carbocycles. The van der Waals surface area contributed by atoms with Crippen molar-refractivity contribution in [2.45, 2.75) is 13.1 Å². The van der Waals surface area contributed by atoms with Crippen molar-refractivity contribution in [1.82, 2.24) is 5.32 Å². The number of carbonyl (C=O) groups is 2. The SMILES string of the molecule is C=CC(=O)Nc1cc(C(=O)NCC)cc(C(F)(F)F)c1. The molecule has 0 radical (unpaired) electrons. The monoisotopic (exact) mass is 286 g/mol. The first-order valence-corrected chi connectivity index (χ1v) is 5.71. The molecule has 0 aliphatic heterocycles. The van der Waals surface area contributed by atoms with Gasteiger partial charge >= 0.3 is 6.18 Å². The van der Waals surface area contributed by atoms with E-state index in [-0.39, 0.29) is 17.8 Å². The minimum Gasteiger partial charge on any atom is -0.352 e. The van der Waals surface area contributed by atoms with Gasteiger partial charge in [0.05, 0.1) is 5.56 Å². The molecular formula is C13H13F3N2O2. The molecule has 1 aromatic carbocycles. The maximum atomic E-state index is 12.8. The maximum absolute atomic E-state index is 12.8. The molecular weight excluding hydrogens is 273 g/mol. The molecule has 108 valence electrons. The Kier molecular flexibility index (Phi) is 4.90. The Balaban J connectivity index is 3.24. The summed E-state index contributed by atoms with van der Waals surface area (Å²) in [7, 11) is 0. The molecule has 4 nitrogen and oxygen atoms in total. The van der Waals surface area contributed by atoms with Crippen molar-refractivity contribution in [3.05, 3.63) is 42.0 Å². The lowest BCUT2D eigenvalue weighted by molar-refractivity contribution is -0.137. The summed E-state index contributed by atoms with van der Waals surface area (Å²) in [5.74, 6) is -1.31. The Morgan fingerprint density at radius 2 is 1.95 bits per heavy atom. The van der Waals surface area contributed by atoms with Gasteiger partial charge in [0.1, 0.15) is 0 Å². The first-order chi connectivity index (χ1) is 9.27. The molecule has 0 atom stereocenters. The Morgan fingerprint density at radius 1 is 1.30 bits per heavy atom. The molecule has 2 N–H and O–H groups in total. The van der Waals surface area contributed by atoms with Crippen LogP contribution in [0.4, 0.5) is 18.9 Å². The van der Waals surface area contributed by atoms with Crippen LogP contribution in [0.2, 0.25) is 0 Å². The molecule has 0 aromatic heterocycles. The lowest BCUT2D eigenvalue weighted by Crippen LogP contribution is -2.23. The fraction of sp³-hybridized carbons (Fsp3) is 0.231. The molecule has 0 unspecified atom stereocenters. The van der Waals surface area contributed by atoms with Gasteiger partial charge in [-0.3, -0.25) is 9.59 Å². The lowest BCUT2D eigenvalue weighted by Gasteiger charge is -2.12. The summed E-state index contributed by atoms with van der Waals surface area (Å²) in [5, 5.41) is 4.60. The number of nitrogens with one attached hydrogen (secondary N) is 2. The fourth-order valence-corrected chi connectivity index (χ4v) is 1.45. The Hall–Kier alpha value is -2.31. The molecule has 0 bridgehead atoms. The molecule has 0 saturated heterocycles. The van der Waals surface area contributed by atoms with E-state index in [1.54, 1.807) is 6.92 Å². The molecule has 2 amide bonds. The summed E-state index contributed by atoms with van der Waals surface area (Å²) in [6, 6.07) is 2.65. The Bertz CT molecular complexity index is 539. The topological polar surface area (TPSA) is 58.2 Å². The quantitative estimate of drug-likeness (QED) is 0.836. The van der Waals surface area contributed by atoms with Crippen LogP contribution in [0.25, 0.3) is 0 Å². The van der Waals surface area contributed by atoms with Crippen LogP contribution in [0.3, 0.4) is 0 Å². The van der Waals surface area contributed by atoms with Crippen LogP contribution in [0.15, 0.2) is 30.9 Å². The van der Waals surface area contributed by atoms with E-state index in [0.29, 0.717) is 0 Å². The van der Waals surface area contributed by atoms with Crippen LogP contribution in [0.5, 0.6) is 0 Å². The van der Waals surface area contributed by atoms with Crippen molar-refractivity contribution in [2.24, 2.45) is 0 Å². The zero-order chi connectivity index (χ0) is 15.3. The average molecular weight is 286 g/mol. The van der Waals surface area contributed by atoms with Gasteiger partial charge in [-0.15, -0.1) is 0 Å². The second-order valence-corrected chi connectivity index (χ2v) is 3.85. The van der Waals surface area contributed by atoms with Crippen LogP contribution < -0.4 is 10.6 Å². The highest BCUT2D eigenvalue weighted by Crippen LogP contribution is 2.32. The van der Waals surface area contributed by atoms with Gasteiger partial charge in [-0.25, -0.2) is 0 Å². The van der Waals surface area contributed by atoms with Crippen LogP contribution in [-0.2, 0) is 11.0 Å². The van der Waals surface area contributed by atoms with Gasteiger partial charge in [0, 0.05) is 17.8 Å². The zero-order valence-corrected chi connectivity index (χ0v) is 10.7. The molecule has 1 aromatic rings. The third-order valence-electron chi connectivity index (χ3n) is 2.31. The Labute approximate surface area is 113 Å². The second-order valence-electron chi connectivity index (χ2n) is 3.85. The van der Waals surface area contributed by atoms with Gasteiger partial charge in [0.15, 0.2) is 0 Å². The maximum Gasteiger partial charge on any atom is 0.416 e. The normalized spacial score (nSPS) is 10.8. The number of alkyl halides is 3.